The van der Waals surface area contributed by atoms with Gasteiger partial charge in [0.15, 0.2) is 0 Å². The summed E-state index contributed by atoms with van der Waals surface area (Å²) in [6, 6.07) is 1.85. The van der Waals surface area contributed by atoms with Crippen LogP contribution in [0, 0.1) is 13.8 Å². The summed E-state index contributed by atoms with van der Waals surface area (Å²) in [6.45, 7) is 3.16. The average molecular weight is 374 g/mol. The van der Waals surface area contributed by atoms with Gasteiger partial charge >= 0.3 is 0 Å². The van der Waals surface area contributed by atoms with E-state index in [1.165, 1.54) is 27.1 Å². The molecule has 1 amide bonds. The molecule has 0 unspecified atom stereocenters. The maximum Gasteiger partial charge on any atom is 0.294 e. The molecule has 0 aliphatic rings. The Bertz CT molecular complexity index is 1060. The Labute approximate surface area is 155 Å². The molecule has 1 atom stereocenters. The van der Waals surface area contributed by atoms with E-state index in [0.717, 1.165) is 11.3 Å². The normalized spacial score (nSPS) is 12.5. The number of aliphatic hydroxyl groups is 2. The Morgan fingerprint density at radius 1 is 1.37 bits per heavy atom. The molecule has 2 N–H and O–H groups in total. The third-order valence-electron chi connectivity index (χ3n) is 4.43. The van der Waals surface area contributed by atoms with Gasteiger partial charge in [0, 0.05) is 38.6 Å². The van der Waals surface area contributed by atoms with Crippen LogP contribution in [0.15, 0.2) is 27.7 Å². The number of imidazole rings is 1. The number of furan rings is 1. The predicted octanol–water partition coefficient (Wildman–Crippen LogP) is 0.335. The number of hydrogen-bond donors (Lipinski definition) is 2. The first-order chi connectivity index (χ1) is 12.7. The number of nitrogens with zero attached hydrogens (tertiary/aromatic N) is 4. The van der Waals surface area contributed by atoms with Crippen LogP contribution in [0.1, 0.15) is 22.0 Å². The molecule has 0 radical (unpaired) electrons. The number of aliphatic hydroxyl groups excluding tert-OH is 2. The van der Waals surface area contributed by atoms with Gasteiger partial charge in [-0.1, -0.05) is 0 Å². The number of carbonyl (C=O) groups excluding carboxylic acids is 1. The van der Waals surface area contributed by atoms with Gasteiger partial charge in [0.2, 0.25) is 5.65 Å². The van der Waals surface area contributed by atoms with Crippen molar-refractivity contribution in [3.63, 3.8) is 0 Å². The van der Waals surface area contributed by atoms with Crippen molar-refractivity contribution in [3.8, 4) is 11.3 Å². The Kier molecular flexibility index (Phi) is 4.90. The standard InChI is InChI=1S/C18H22N4O5/c1-10-5-13(11(2)27-10)15-8-22-7-14(19-16(22)18(26)21(15)4)17(25)20(3)6-12(24)9-23/h5,7-8,12,23-24H,6,9H2,1-4H3/t12-/m1/s1. The van der Waals surface area contributed by atoms with Crippen LogP contribution in [0.2, 0.25) is 0 Å². The number of amides is 1. The third-order valence-corrected chi connectivity index (χ3v) is 4.43. The van der Waals surface area contributed by atoms with Crippen molar-refractivity contribution in [3.05, 3.63) is 46.0 Å². The zero-order chi connectivity index (χ0) is 19.9. The molecule has 3 rings (SSSR count). The second-order valence-electron chi connectivity index (χ2n) is 6.58. The lowest BCUT2D eigenvalue weighted by Crippen LogP contribution is -2.36. The van der Waals surface area contributed by atoms with E-state index < -0.39 is 18.6 Å². The van der Waals surface area contributed by atoms with Gasteiger partial charge in [0.1, 0.15) is 17.2 Å². The van der Waals surface area contributed by atoms with Crippen LogP contribution in [0.5, 0.6) is 0 Å². The summed E-state index contributed by atoms with van der Waals surface area (Å²) >= 11 is 0. The highest BCUT2D eigenvalue weighted by molar-refractivity contribution is 5.92. The Balaban J connectivity index is 2.06. The summed E-state index contributed by atoms with van der Waals surface area (Å²) in [6.07, 6.45) is 2.16. The van der Waals surface area contributed by atoms with Crippen molar-refractivity contribution in [2.45, 2.75) is 20.0 Å². The highest BCUT2D eigenvalue weighted by atomic mass is 16.3. The molecule has 3 aromatic rings. The SMILES string of the molecule is Cc1cc(-c2cn3cc(C(=O)N(C)C[C@@H](O)CO)nc3c(=O)n2C)c(C)o1. The van der Waals surface area contributed by atoms with Crippen LogP contribution in [0.4, 0.5) is 0 Å². The maximum atomic E-state index is 12.7. The van der Waals surface area contributed by atoms with Crippen molar-refractivity contribution in [1.82, 2.24) is 18.9 Å². The molecule has 3 aromatic heterocycles. The first-order valence-corrected chi connectivity index (χ1v) is 8.43. The van der Waals surface area contributed by atoms with Crippen LogP contribution in [-0.4, -0.2) is 61.3 Å². The van der Waals surface area contributed by atoms with Crippen LogP contribution in [-0.2, 0) is 7.05 Å². The van der Waals surface area contributed by atoms with Gasteiger partial charge in [-0.15, -0.1) is 0 Å². The summed E-state index contributed by atoms with van der Waals surface area (Å²) in [5.41, 5.74) is 1.29. The lowest BCUT2D eigenvalue weighted by molar-refractivity contribution is 0.0517. The zero-order valence-corrected chi connectivity index (χ0v) is 15.6. The Morgan fingerprint density at radius 2 is 2.07 bits per heavy atom. The Morgan fingerprint density at radius 3 is 2.67 bits per heavy atom. The summed E-state index contributed by atoms with van der Waals surface area (Å²) < 4.78 is 8.54. The molecular formula is C18H22N4O5. The smallest absolute Gasteiger partial charge is 0.294 e. The van der Waals surface area contributed by atoms with Gasteiger partial charge in [-0.05, 0) is 19.9 Å². The molecule has 27 heavy (non-hydrogen) atoms. The third kappa shape index (κ3) is 3.38. The fourth-order valence-corrected chi connectivity index (χ4v) is 3.02. The highest BCUT2D eigenvalue weighted by Gasteiger charge is 2.21. The molecular weight excluding hydrogens is 352 g/mol. The van der Waals surface area contributed by atoms with Crippen molar-refractivity contribution in [2.75, 3.05) is 20.2 Å². The first kappa shape index (κ1) is 18.9. The van der Waals surface area contributed by atoms with Crippen LogP contribution < -0.4 is 5.56 Å². The van der Waals surface area contributed by atoms with Crippen molar-refractivity contribution in [1.29, 1.82) is 0 Å². The van der Waals surface area contributed by atoms with Crippen molar-refractivity contribution < 1.29 is 19.4 Å². The van der Waals surface area contributed by atoms with E-state index in [1.807, 2.05) is 19.9 Å². The quantitative estimate of drug-likeness (QED) is 0.666. The zero-order valence-electron chi connectivity index (χ0n) is 15.6. The van der Waals surface area contributed by atoms with Crippen LogP contribution in [0.3, 0.4) is 0 Å². The molecule has 0 saturated carbocycles. The molecule has 3 heterocycles. The lowest BCUT2D eigenvalue weighted by Gasteiger charge is -2.18. The van der Waals surface area contributed by atoms with E-state index in [2.05, 4.69) is 4.98 Å². The van der Waals surface area contributed by atoms with Gasteiger partial charge < -0.3 is 24.1 Å². The maximum absolute atomic E-state index is 12.7. The minimum atomic E-state index is -1.04. The number of hydrogen-bond acceptors (Lipinski definition) is 6. The number of aryl methyl sites for hydroxylation is 2. The van der Waals surface area contributed by atoms with Crippen LogP contribution >= 0.6 is 0 Å². The number of likely N-dealkylation sites (N-methyl/N-ethyl adjacent to an activating group) is 1. The lowest BCUT2D eigenvalue weighted by atomic mass is 10.2. The number of aromatic nitrogens is 3. The molecule has 9 heteroatoms. The second-order valence-corrected chi connectivity index (χ2v) is 6.58. The van der Waals surface area contributed by atoms with E-state index in [1.54, 1.807) is 13.2 Å². The first-order valence-electron chi connectivity index (χ1n) is 8.43. The summed E-state index contributed by atoms with van der Waals surface area (Å²) in [7, 11) is 3.13. The highest BCUT2D eigenvalue weighted by Crippen LogP contribution is 2.25. The van der Waals surface area contributed by atoms with E-state index >= 15 is 0 Å². The van der Waals surface area contributed by atoms with E-state index in [0.29, 0.717) is 11.5 Å². The fourth-order valence-electron chi connectivity index (χ4n) is 3.02. The molecule has 0 bridgehead atoms. The average Bonchev–Trinajstić information content (AvgIpc) is 3.20. The molecule has 0 aliphatic heterocycles. The minimum absolute atomic E-state index is 0.0417. The van der Waals surface area contributed by atoms with E-state index in [-0.39, 0.29) is 23.4 Å². The topological polar surface area (TPSA) is 113 Å². The van der Waals surface area contributed by atoms with Crippen molar-refractivity contribution >= 4 is 11.6 Å². The van der Waals surface area contributed by atoms with E-state index in [4.69, 9.17) is 9.52 Å². The Hall–Kier alpha value is -2.91. The van der Waals surface area contributed by atoms with Crippen molar-refractivity contribution in [2.24, 2.45) is 7.05 Å². The molecule has 0 aliphatic carbocycles. The molecule has 0 fully saturated rings. The largest absolute Gasteiger partial charge is 0.466 e. The number of carbonyl (C=O) groups is 1. The molecule has 0 saturated heterocycles. The summed E-state index contributed by atoms with van der Waals surface area (Å²) in [4.78, 5) is 30.6. The summed E-state index contributed by atoms with van der Waals surface area (Å²) in [5, 5.41) is 18.4. The van der Waals surface area contributed by atoms with Gasteiger partial charge in [0.05, 0.1) is 18.4 Å². The summed E-state index contributed by atoms with van der Waals surface area (Å²) in [5.74, 6) is 0.974. The van der Waals surface area contributed by atoms with Gasteiger partial charge in [-0.2, -0.15) is 0 Å². The molecule has 0 aromatic carbocycles. The van der Waals surface area contributed by atoms with Gasteiger partial charge in [-0.25, -0.2) is 4.98 Å². The van der Waals surface area contributed by atoms with Crippen LogP contribution in [0.25, 0.3) is 16.9 Å². The van der Waals surface area contributed by atoms with Gasteiger partial charge in [0.25, 0.3) is 11.5 Å². The number of rotatable bonds is 5. The van der Waals surface area contributed by atoms with Gasteiger partial charge in [-0.3, -0.25) is 14.0 Å². The minimum Gasteiger partial charge on any atom is -0.466 e. The molecule has 9 nitrogen and oxygen atoms in total. The fraction of sp³-hybridized carbons (Fsp3) is 0.389. The monoisotopic (exact) mass is 374 g/mol. The predicted molar refractivity (Wildman–Crippen MR) is 97.7 cm³/mol. The molecule has 0 spiro atoms. The second kappa shape index (κ2) is 7.01. The molecule has 144 valence electrons. The van der Waals surface area contributed by atoms with E-state index in [9.17, 15) is 14.7 Å². The number of fused-ring (bicyclic) bond motifs is 1.